The molecular formula is C22H23FN4O. The summed E-state index contributed by atoms with van der Waals surface area (Å²) in [7, 11) is 0. The standard InChI is InChI=1S/C22H23FN4O/c1-15-7-4-5-8-16(15)14-21(28)24-19-13-17(10-11-18(19)23)22-26-25-20-9-3-2-6-12-27(20)22/h4-5,7-8,10-11,13H,2-3,6,9,12,14H2,1H3,(H,24,28). The summed E-state index contributed by atoms with van der Waals surface area (Å²) in [5, 5.41) is 11.3. The Morgan fingerprint density at radius 3 is 2.86 bits per heavy atom. The third kappa shape index (κ3) is 3.81. The van der Waals surface area contributed by atoms with Crippen LogP contribution in [0.5, 0.6) is 0 Å². The summed E-state index contributed by atoms with van der Waals surface area (Å²) in [6, 6.07) is 12.4. The van der Waals surface area contributed by atoms with Crippen molar-refractivity contribution in [2.75, 3.05) is 5.32 Å². The molecule has 2 aromatic carbocycles. The van der Waals surface area contributed by atoms with E-state index in [9.17, 15) is 9.18 Å². The molecule has 0 atom stereocenters. The van der Waals surface area contributed by atoms with Crippen molar-refractivity contribution in [2.24, 2.45) is 0 Å². The molecule has 4 rings (SSSR count). The van der Waals surface area contributed by atoms with Crippen LogP contribution in [0, 0.1) is 12.7 Å². The Morgan fingerprint density at radius 1 is 1.14 bits per heavy atom. The number of amides is 1. The molecule has 3 aromatic rings. The molecule has 144 valence electrons. The maximum Gasteiger partial charge on any atom is 0.228 e. The zero-order valence-electron chi connectivity index (χ0n) is 15.9. The van der Waals surface area contributed by atoms with Crippen molar-refractivity contribution in [3.8, 4) is 11.4 Å². The molecule has 0 spiro atoms. The number of carbonyl (C=O) groups excluding carboxylic acids is 1. The van der Waals surface area contributed by atoms with E-state index in [4.69, 9.17) is 0 Å². The summed E-state index contributed by atoms with van der Waals surface area (Å²) < 4.78 is 16.4. The molecule has 0 saturated heterocycles. The second kappa shape index (κ2) is 7.92. The first-order chi connectivity index (χ1) is 13.6. The topological polar surface area (TPSA) is 59.8 Å². The maximum absolute atomic E-state index is 14.3. The number of nitrogens with one attached hydrogen (secondary N) is 1. The second-order valence-electron chi connectivity index (χ2n) is 7.25. The smallest absolute Gasteiger partial charge is 0.228 e. The predicted octanol–water partition coefficient (Wildman–Crippen LogP) is 4.30. The van der Waals surface area contributed by atoms with E-state index in [1.807, 2.05) is 31.2 Å². The first-order valence-electron chi connectivity index (χ1n) is 9.68. The molecule has 0 fully saturated rings. The maximum atomic E-state index is 14.3. The molecular weight excluding hydrogens is 355 g/mol. The van der Waals surface area contributed by atoms with Gasteiger partial charge in [-0.15, -0.1) is 10.2 Å². The van der Waals surface area contributed by atoms with Gasteiger partial charge in [-0.3, -0.25) is 4.79 Å². The molecule has 0 unspecified atom stereocenters. The number of rotatable bonds is 4. The lowest BCUT2D eigenvalue weighted by molar-refractivity contribution is -0.115. The van der Waals surface area contributed by atoms with Crippen molar-refractivity contribution in [2.45, 2.75) is 45.6 Å². The van der Waals surface area contributed by atoms with Gasteiger partial charge in [0.05, 0.1) is 12.1 Å². The zero-order chi connectivity index (χ0) is 19.5. The molecule has 1 N–H and O–H groups in total. The van der Waals surface area contributed by atoms with E-state index in [1.54, 1.807) is 12.1 Å². The van der Waals surface area contributed by atoms with Gasteiger partial charge in [-0.25, -0.2) is 4.39 Å². The Kier molecular flexibility index (Phi) is 5.19. The fraction of sp³-hybridized carbons (Fsp3) is 0.318. The van der Waals surface area contributed by atoms with Crippen molar-refractivity contribution < 1.29 is 9.18 Å². The Hall–Kier alpha value is -3.02. The van der Waals surface area contributed by atoms with Crippen LogP contribution in [0.25, 0.3) is 11.4 Å². The number of halogens is 1. The van der Waals surface area contributed by atoms with Crippen LogP contribution in [0.4, 0.5) is 10.1 Å². The van der Waals surface area contributed by atoms with Gasteiger partial charge in [0.1, 0.15) is 11.6 Å². The van der Waals surface area contributed by atoms with E-state index in [0.29, 0.717) is 0 Å². The Morgan fingerprint density at radius 2 is 2.00 bits per heavy atom. The minimum Gasteiger partial charge on any atom is -0.323 e. The van der Waals surface area contributed by atoms with Crippen molar-refractivity contribution in [3.63, 3.8) is 0 Å². The third-order valence-corrected chi connectivity index (χ3v) is 5.22. The van der Waals surface area contributed by atoms with Gasteiger partial charge in [0, 0.05) is 18.5 Å². The number of hydrogen-bond acceptors (Lipinski definition) is 3. The van der Waals surface area contributed by atoms with Crippen molar-refractivity contribution in [1.29, 1.82) is 0 Å². The van der Waals surface area contributed by atoms with Gasteiger partial charge in [-0.05, 0) is 49.1 Å². The molecule has 0 bridgehead atoms. The molecule has 6 heteroatoms. The molecule has 1 amide bonds. The average Bonchev–Trinajstić information content (AvgIpc) is 2.93. The van der Waals surface area contributed by atoms with Gasteiger partial charge in [-0.2, -0.15) is 0 Å². The lowest BCUT2D eigenvalue weighted by Crippen LogP contribution is -2.16. The van der Waals surface area contributed by atoms with E-state index in [2.05, 4.69) is 20.1 Å². The van der Waals surface area contributed by atoms with Gasteiger partial charge < -0.3 is 9.88 Å². The molecule has 1 aliphatic rings. The van der Waals surface area contributed by atoms with Crippen LogP contribution >= 0.6 is 0 Å². The SMILES string of the molecule is Cc1ccccc1CC(=O)Nc1cc(-c2nnc3n2CCCCC3)ccc1F. The summed E-state index contributed by atoms with van der Waals surface area (Å²) in [5.74, 6) is 0.996. The number of aryl methyl sites for hydroxylation is 2. The molecule has 0 saturated carbocycles. The van der Waals surface area contributed by atoms with Gasteiger partial charge in [0.25, 0.3) is 0 Å². The summed E-state index contributed by atoms with van der Waals surface area (Å²) in [4.78, 5) is 12.5. The number of benzene rings is 2. The number of anilines is 1. The number of fused-ring (bicyclic) bond motifs is 1. The second-order valence-corrected chi connectivity index (χ2v) is 7.25. The Balaban J connectivity index is 1.57. The normalized spacial score (nSPS) is 13.6. The predicted molar refractivity (Wildman–Crippen MR) is 106 cm³/mol. The molecule has 5 nitrogen and oxygen atoms in total. The van der Waals surface area contributed by atoms with E-state index >= 15 is 0 Å². The molecule has 1 aromatic heterocycles. The van der Waals surface area contributed by atoms with Crippen molar-refractivity contribution in [3.05, 3.63) is 65.2 Å². The highest BCUT2D eigenvalue weighted by molar-refractivity contribution is 5.93. The van der Waals surface area contributed by atoms with E-state index in [0.717, 1.165) is 54.1 Å². The van der Waals surface area contributed by atoms with Gasteiger partial charge >= 0.3 is 0 Å². The monoisotopic (exact) mass is 378 g/mol. The van der Waals surface area contributed by atoms with Crippen LogP contribution in [0.1, 0.15) is 36.2 Å². The molecule has 28 heavy (non-hydrogen) atoms. The van der Waals surface area contributed by atoms with E-state index < -0.39 is 5.82 Å². The molecule has 0 aliphatic carbocycles. The van der Waals surface area contributed by atoms with Gasteiger partial charge in [0.15, 0.2) is 5.82 Å². The average molecular weight is 378 g/mol. The first kappa shape index (κ1) is 18.3. The van der Waals surface area contributed by atoms with Crippen LogP contribution < -0.4 is 5.32 Å². The van der Waals surface area contributed by atoms with Gasteiger partial charge in [-0.1, -0.05) is 30.7 Å². The van der Waals surface area contributed by atoms with Crippen LogP contribution in [0.2, 0.25) is 0 Å². The largest absolute Gasteiger partial charge is 0.323 e. The summed E-state index contributed by atoms with van der Waals surface area (Å²) >= 11 is 0. The molecule has 2 heterocycles. The fourth-order valence-corrected chi connectivity index (χ4v) is 3.63. The highest BCUT2D eigenvalue weighted by atomic mass is 19.1. The highest BCUT2D eigenvalue weighted by Crippen LogP contribution is 2.26. The lowest BCUT2D eigenvalue weighted by atomic mass is 10.1. The Labute approximate surface area is 163 Å². The molecule has 1 aliphatic heterocycles. The van der Waals surface area contributed by atoms with Crippen molar-refractivity contribution in [1.82, 2.24) is 14.8 Å². The quantitative estimate of drug-likeness (QED) is 0.736. The minimum absolute atomic E-state index is 0.169. The number of nitrogens with zero attached hydrogens (tertiary/aromatic N) is 3. The summed E-state index contributed by atoms with van der Waals surface area (Å²) in [6.07, 6.45) is 4.48. The van der Waals surface area contributed by atoms with Crippen LogP contribution in [0.3, 0.4) is 0 Å². The lowest BCUT2D eigenvalue weighted by Gasteiger charge is -2.11. The minimum atomic E-state index is -0.461. The third-order valence-electron chi connectivity index (χ3n) is 5.22. The van der Waals surface area contributed by atoms with E-state index in [-0.39, 0.29) is 18.0 Å². The number of aromatic nitrogens is 3. The van der Waals surface area contributed by atoms with Crippen LogP contribution in [-0.4, -0.2) is 20.7 Å². The Bertz CT molecular complexity index is 1010. The van der Waals surface area contributed by atoms with Gasteiger partial charge in [0.2, 0.25) is 5.91 Å². The zero-order valence-corrected chi connectivity index (χ0v) is 15.9. The van der Waals surface area contributed by atoms with Crippen molar-refractivity contribution >= 4 is 11.6 Å². The number of carbonyl (C=O) groups is 1. The fourth-order valence-electron chi connectivity index (χ4n) is 3.63. The van der Waals surface area contributed by atoms with Crippen LogP contribution in [0.15, 0.2) is 42.5 Å². The first-order valence-corrected chi connectivity index (χ1v) is 9.68. The summed E-state index contributed by atoms with van der Waals surface area (Å²) in [5.41, 5.74) is 2.90. The van der Waals surface area contributed by atoms with Crippen LogP contribution in [-0.2, 0) is 24.2 Å². The number of hydrogen-bond donors (Lipinski definition) is 1. The summed E-state index contributed by atoms with van der Waals surface area (Å²) in [6.45, 7) is 2.82. The molecule has 0 radical (unpaired) electrons. The van der Waals surface area contributed by atoms with E-state index in [1.165, 1.54) is 12.5 Å². The highest BCUT2D eigenvalue weighted by Gasteiger charge is 2.18.